The quantitative estimate of drug-likeness (QED) is 0.552. The van der Waals surface area contributed by atoms with Gasteiger partial charge in [0.15, 0.2) is 0 Å². The van der Waals surface area contributed by atoms with Crippen LogP contribution in [0, 0.1) is 0 Å². The number of aryl methyl sites for hydroxylation is 1. The molecular weight excluding hydrogens is 272 g/mol. The summed E-state index contributed by atoms with van der Waals surface area (Å²) in [5.74, 6) is 7.11. The van der Waals surface area contributed by atoms with E-state index in [1.165, 1.54) is 18.6 Å². The molecular formula is C14H22N4OS. The molecule has 1 aromatic rings. The Morgan fingerprint density at radius 3 is 3.05 bits per heavy atom. The monoisotopic (exact) mass is 294 g/mol. The van der Waals surface area contributed by atoms with Crippen molar-refractivity contribution in [2.75, 3.05) is 17.7 Å². The van der Waals surface area contributed by atoms with Crippen LogP contribution in [0.5, 0.6) is 0 Å². The number of hydrogen-bond acceptors (Lipinski definition) is 5. The van der Waals surface area contributed by atoms with Gasteiger partial charge in [0.05, 0.1) is 0 Å². The number of nitrogens with two attached hydrogens (primary N) is 1. The highest BCUT2D eigenvalue weighted by Gasteiger charge is 2.17. The largest absolute Gasteiger partial charge is 0.351 e. The molecule has 2 heterocycles. The molecule has 0 aliphatic carbocycles. The molecule has 1 amide bonds. The van der Waals surface area contributed by atoms with Crippen LogP contribution in [0.4, 0.5) is 5.82 Å². The van der Waals surface area contributed by atoms with E-state index in [2.05, 4.69) is 22.7 Å². The normalized spacial score (nSPS) is 18.0. The molecule has 0 bridgehead atoms. The van der Waals surface area contributed by atoms with Crippen LogP contribution in [0.25, 0.3) is 0 Å². The van der Waals surface area contributed by atoms with Crippen LogP contribution in [0.2, 0.25) is 0 Å². The van der Waals surface area contributed by atoms with Gasteiger partial charge in [-0.15, -0.1) is 0 Å². The number of anilines is 1. The first-order chi connectivity index (χ1) is 9.72. The highest BCUT2D eigenvalue weighted by molar-refractivity contribution is 8.00. The van der Waals surface area contributed by atoms with Gasteiger partial charge in [0.1, 0.15) is 5.82 Å². The summed E-state index contributed by atoms with van der Waals surface area (Å²) in [6, 6.07) is 3.54. The van der Waals surface area contributed by atoms with Crippen LogP contribution < -0.4 is 16.6 Å². The first-order valence-corrected chi connectivity index (χ1v) is 8.15. The molecule has 0 aromatic carbocycles. The highest BCUT2D eigenvalue weighted by Crippen LogP contribution is 2.25. The summed E-state index contributed by atoms with van der Waals surface area (Å²) >= 11 is 1.94. The van der Waals surface area contributed by atoms with Gasteiger partial charge in [-0.1, -0.05) is 13.3 Å². The molecule has 0 spiro atoms. The topological polar surface area (TPSA) is 80.0 Å². The fraction of sp³-hybridized carbons (Fsp3) is 0.571. The third kappa shape index (κ3) is 4.11. The van der Waals surface area contributed by atoms with Crippen molar-refractivity contribution in [1.29, 1.82) is 0 Å². The minimum atomic E-state index is -0.0475. The maximum atomic E-state index is 12.2. The Hall–Kier alpha value is -1.27. The lowest BCUT2D eigenvalue weighted by molar-refractivity contribution is 0.0953. The molecule has 4 N–H and O–H groups in total. The Kier molecular flexibility index (Phi) is 5.67. The van der Waals surface area contributed by atoms with Crippen molar-refractivity contribution in [2.45, 2.75) is 37.9 Å². The van der Waals surface area contributed by atoms with Gasteiger partial charge in [-0.2, -0.15) is 11.8 Å². The Labute approximate surface area is 124 Å². The number of nitrogen functional groups attached to an aromatic ring is 1. The van der Waals surface area contributed by atoms with Crippen LogP contribution in [-0.2, 0) is 6.42 Å². The lowest BCUT2D eigenvalue weighted by Crippen LogP contribution is -2.30. The fourth-order valence-electron chi connectivity index (χ4n) is 2.29. The maximum Gasteiger partial charge on any atom is 0.251 e. The molecule has 2 rings (SSSR count). The zero-order valence-electron chi connectivity index (χ0n) is 11.8. The summed E-state index contributed by atoms with van der Waals surface area (Å²) in [5.41, 5.74) is 4.04. The summed E-state index contributed by atoms with van der Waals surface area (Å²) in [6.45, 7) is 2.82. The number of carbonyl (C=O) groups is 1. The zero-order valence-corrected chi connectivity index (χ0v) is 12.6. The molecule has 1 atom stereocenters. The molecule has 1 unspecified atom stereocenters. The molecule has 1 fully saturated rings. The van der Waals surface area contributed by atoms with E-state index in [-0.39, 0.29) is 5.91 Å². The summed E-state index contributed by atoms with van der Waals surface area (Å²) in [7, 11) is 0. The van der Waals surface area contributed by atoms with E-state index in [0.717, 1.165) is 25.1 Å². The minimum Gasteiger partial charge on any atom is -0.351 e. The van der Waals surface area contributed by atoms with E-state index in [0.29, 0.717) is 16.6 Å². The minimum absolute atomic E-state index is 0.0475. The highest BCUT2D eigenvalue weighted by atomic mass is 32.2. The number of thioether (sulfide) groups is 1. The van der Waals surface area contributed by atoms with E-state index < -0.39 is 0 Å². The average Bonchev–Trinajstić information content (AvgIpc) is 2.98. The molecule has 5 nitrogen and oxygen atoms in total. The standard InChI is InChI=1S/C14H22N4OS/c1-2-4-11-7-10(8-13(17-11)18-15)14(19)16-9-12-5-3-6-20-12/h7-8,12H,2-6,9,15H2,1H3,(H,16,19)(H,17,18). The molecule has 110 valence electrons. The number of hydrogen-bond donors (Lipinski definition) is 3. The van der Waals surface area contributed by atoms with E-state index in [9.17, 15) is 4.79 Å². The Morgan fingerprint density at radius 1 is 1.55 bits per heavy atom. The van der Waals surface area contributed by atoms with Gasteiger partial charge in [0, 0.05) is 23.1 Å². The summed E-state index contributed by atoms with van der Waals surface area (Å²) in [4.78, 5) is 16.6. The van der Waals surface area contributed by atoms with Crippen molar-refractivity contribution in [3.63, 3.8) is 0 Å². The second-order valence-corrected chi connectivity index (χ2v) is 6.38. The predicted octanol–water partition coefficient (Wildman–Crippen LogP) is 1.95. The summed E-state index contributed by atoms with van der Waals surface area (Å²) in [6.07, 6.45) is 4.27. The second kappa shape index (κ2) is 7.50. The summed E-state index contributed by atoms with van der Waals surface area (Å²) < 4.78 is 0. The van der Waals surface area contributed by atoms with Crippen molar-refractivity contribution in [1.82, 2.24) is 10.3 Å². The van der Waals surface area contributed by atoms with E-state index >= 15 is 0 Å². The van der Waals surface area contributed by atoms with Gasteiger partial charge in [-0.25, -0.2) is 10.8 Å². The Morgan fingerprint density at radius 2 is 2.40 bits per heavy atom. The molecule has 0 saturated carbocycles. The SMILES string of the molecule is CCCc1cc(C(=O)NCC2CCCS2)cc(NN)n1. The molecule has 1 aliphatic heterocycles. The zero-order chi connectivity index (χ0) is 14.4. The van der Waals surface area contributed by atoms with Gasteiger partial charge < -0.3 is 10.7 Å². The van der Waals surface area contributed by atoms with Crippen molar-refractivity contribution in [3.05, 3.63) is 23.4 Å². The van der Waals surface area contributed by atoms with Crippen LogP contribution in [0.15, 0.2) is 12.1 Å². The molecule has 1 aromatic heterocycles. The second-order valence-electron chi connectivity index (χ2n) is 4.97. The number of carbonyl (C=O) groups excluding carboxylic acids is 1. The van der Waals surface area contributed by atoms with Gasteiger partial charge in [-0.3, -0.25) is 4.79 Å². The van der Waals surface area contributed by atoms with Gasteiger partial charge >= 0.3 is 0 Å². The van der Waals surface area contributed by atoms with Crippen molar-refractivity contribution in [3.8, 4) is 0 Å². The first-order valence-electron chi connectivity index (χ1n) is 7.10. The lowest BCUT2D eigenvalue weighted by atomic mass is 10.1. The average molecular weight is 294 g/mol. The van der Waals surface area contributed by atoms with Gasteiger partial charge in [0.2, 0.25) is 0 Å². The first kappa shape index (κ1) is 15.1. The number of nitrogens with one attached hydrogen (secondary N) is 2. The van der Waals surface area contributed by atoms with Crippen LogP contribution in [-0.4, -0.2) is 28.4 Å². The number of hydrazine groups is 1. The van der Waals surface area contributed by atoms with E-state index in [1.807, 2.05) is 17.8 Å². The van der Waals surface area contributed by atoms with Crippen molar-refractivity contribution < 1.29 is 4.79 Å². The fourth-order valence-corrected chi connectivity index (χ4v) is 3.49. The predicted molar refractivity (Wildman–Crippen MR) is 83.9 cm³/mol. The van der Waals surface area contributed by atoms with E-state index in [1.54, 1.807) is 6.07 Å². The number of pyridine rings is 1. The number of nitrogens with zero attached hydrogens (tertiary/aromatic N) is 1. The van der Waals surface area contributed by atoms with Gasteiger partial charge in [-0.05, 0) is 37.1 Å². The van der Waals surface area contributed by atoms with Crippen LogP contribution in [0.1, 0.15) is 42.2 Å². The molecule has 6 heteroatoms. The Bertz CT molecular complexity index is 460. The lowest BCUT2D eigenvalue weighted by Gasteiger charge is -2.11. The maximum absolute atomic E-state index is 12.2. The molecule has 1 aliphatic rings. The Balaban J connectivity index is 2.01. The third-order valence-electron chi connectivity index (χ3n) is 3.31. The molecule has 0 radical (unpaired) electrons. The third-order valence-corrected chi connectivity index (χ3v) is 4.71. The molecule has 1 saturated heterocycles. The van der Waals surface area contributed by atoms with E-state index in [4.69, 9.17) is 5.84 Å². The number of amides is 1. The van der Waals surface area contributed by atoms with Crippen LogP contribution >= 0.6 is 11.8 Å². The smallest absolute Gasteiger partial charge is 0.251 e. The van der Waals surface area contributed by atoms with Crippen molar-refractivity contribution in [2.24, 2.45) is 5.84 Å². The van der Waals surface area contributed by atoms with Crippen molar-refractivity contribution >= 4 is 23.5 Å². The molecule has 20 heavy (non-hydrogen) atoms. The van der Waals surface area contributed by atoms with Crippen LogP contribution in [0.3, 0.4) is 0 Å². The summed E-state index contributed by atoms with van der Waals surface area (Å²) in [5, 5.41) is 3.56. The number of aromatic nitrogens is 1. The number of rotatable bonds is 6. The van der Waals surface area contributed by atoms with Gasteiger partial charge in [0.25, 0.3) is 5.91 Å².